The minimum atomic E-state index is -3.49. The fourth-order valence-corrected chi connectivity index (χ4v) is 7.07. The van der Waals surface area contributed by atoms with E-state index in [2.05, 4.69) is 6.07 Å². The third-order valence-electron chi connectivity index (χ3n) is 8.02. The Morgan fingerprint density at radius 1 is 1.05 bits per heavy atom. The monoisotopic (exact) mass is 542 g/mol. The highest BCUT2D eigenvalue weighted by molar-refractivity contribution is 7.88. The quantitative estimate of drug-likeness (QED) is 0.480. The zero-order valence-corrected chi connectivity index (χ0v) is 23.3. The van der Waals surface area contributed by atoms with E-state index in [1.54, 1.807) is 26.3 Å². The summed E-state index contributed by atoms with van der Waals surface area (Å²) >= 11 is 0. The van der Waals surface area contributed by atoms with E-state index in [4.69, 9.17) is 14.2 Å². The number of rotatable bonds is 9. The fraction of sp³-hybridized carbons (Fsp3) is 0.552. The Hall–Kier alpha value is -2.46. The molecule has 206 valence electrons. The molecule has 2 heterocycles. The number of sulfonamides is 1. The van der Waals surface area contributed by atoms with Crippen LogP contribution in [0, 0.1) is 6.92 Å². The highest BCUT2D eigenvalue weighted by Crippen LogP contribution is 2.42. The molecule has 0 radical (unpaired) electrons. The molecule has 0 bridgehead atoms. The lowest BCUT2D eigenvalue weighted by Crippen LogP contribution is -2.41. The number of benzene rings is 2. The molecular formula is C29H38N2O6S. The van der Waals surface area contributed by atoms with Gasteiger partial charge in [0.15, 0.2) is 0 Å². The van der Waals surface area contributed by atoms with Crippen molar-refractivity contribution in [2.45, 2.75) is 62.5 Å². The predicted molar refractivity (Wildman–Crippen MR) is 145 cm³/mol. The first-order valence-corrected chi connectivity index (χ1v) is 15.1. The Morgan fingerprint density at radius 3 is 2.47 bits per heavy atom. The van der Waals surface area contributed by atoms with Gasteiger partial charge in [-0.25, -0.2) is 12.7 Å². The minimum absolute atomic E-state index is 0.0224. The molecule has 2 aliphatic heterocycles. The number of hydrogen-bond donors (Lipinski definition) is 0. The van der Waals surface area contributed by atoms with E-state index >= 15 is 0 Å². The molecule has 2 saturated heterocycles. The van der Waals surface area contributed by atoms with Crippen molar-refractivity contribution < 1.29 is 27.4 Å². The number of hydrogen-bond acceptors (Lipinski definition) is 6. The minimum Gasteiger partial charge on any atom is -0.486 e. The van der Waals surface area contributed by atoms with Gasteiger partial charge < -0.3 is 19.1 Å². The van der Waals surface area contributed by atoms with Gasteiger partial charge in [0.1, 0.15) is 18.0 Å². The summed E-state index contributed by atoms with van der Waals surface area (Å²) in [6.07, 6.45) is 3.05. The molecule has 8 nitrogen and oxygen atoms in total. The van der Waals surface area contributed by atoms with Crippen molar-refractivity contribution in [3.63, 3.8) is 0 Å². The first-order chi connectivity index (χ1) is 18.3. The Morgan fingerprint density at radius 2 is 1.76 bits per heavy atom. The van der Waals surface area contributed by atoms with E-state index < -0.39 is 10.0 Å². The van der Waals surface area contributed by atoms with E-state index in [0.717, 1.165) is 29.5 Å². The molecule has 5 rings (SSSR count). The van der Waals surface area contributed by atoms with E-state index in [-0.39, 0.29) is 29.9 Å². The van der Waals surface area contributed by atoms with Crippen LogP contribution in [-0.2, 0) is 25.2 Å². The molecular weight excluding hydrogens is 504 g/mol. The zero-order chi connectivity index (χ0) is 26.9. The first kappa shape index (κ1) is 27.1. The van der Waals surface area contributed by atoms with Gasteiger partial charge in [-0.2, -0.15) is 0 Å². The van der Waals surface area contributed by atoms with Crippen LogP contribution in [0.1, 0.15) is 58.6 Å². The summed E-state index contributed by atoms with van der Waals surface area (Å²) in [7, 11) is -0.201. The molecule has 0 spiro atoms. The Kier molecular flexibility index (Phi) is 8.09. The van der Waals surface area contributed by atoms with Gasteiger partial charge in [0, 0.05) is 39.0 Å². The van der Waals surface area contributed by atoms with Crippen molar-refractivity contribution in [3.05, 3.63) is 64.7 Å². The van der Waals surface area contributed by atoms with Crippen LogP contribution in [-0.4, -0.2) is 82.2 Å². The van der Waals surface area contributed by atoms with Crippen molar-refractivity contribution in [2.75, 3.05) is 40.5 Å². The normalized spacial score (nSPS) is 22.7. The van der Waals surface area contributed by atoms with Crippen LogP contribution < -0.4 is 4.74 Å². The number of likely N-dealkylation sites (tertiary alicyclic amines) is 1. The number of aryl methyl sites for hydroxylation is 1. The maximum atomic E-state index is 13.6. The summed E-state index contributed by atoms with van der Waals surface area (Å²) in [6, 6.07) is 13.3. The summed E-state index contributed by atoms with van der Waals surface area (Å²) in [6.45, 7) is 4.02. The topological polar surface area (TPSA) is 85.4 Å². The molecule has 0 N–H and O–H groups in total. The van der Waals surface area contributed by atoms with E-state index in [0.29, 0.717) is 56.4 Å². The third-order valence-corrected chi connectivity index (χ3v) is 9.89. The maximum Gasteiger partial charge on any atom is 0.254 e. The maximum absolute atomic E-state index is 13.6. The molecule has 1 saturated carbocycles. The van der Waals surface area contributed by atoms with Gasteiger partial charge in [0.2, 0.25) is 10.0 Å². The number of amides is 1. The van der Waals surface area contributed by atoms with E-state index in [9.17, 15) is 13.2 Å². The van der Waals surface area contributed by atoms with Crippen molar-refractivity contribution in [3.8, 4) is 5.75 Å². The predicted octanol–water partition coefficient (Wildman–Crippen LogP) is 3.73. The molecule has 38 heavy (non-hydrogen) atoms. The molecule has 2 aromatic carbocycles. The Labute approximate surface area is 225 Å². The molecule has 2 atom stereocenters. The molecule has 1 amide bonds. The Bertz CT molecular complexity index is 1260. The van der Waals surface area contributed by atoms with E-state index in [1.807, 2.05) is 36.1 Å². The summed E-state index contributed by atoms with van der Waals surface area (Å²) < 4.78 is 45.1. The number of nitrogens with zero attached hydrogens (tertiary/aromatic N) is 2. The van der Waals surface area contributed by atoms with Gasteiger partial charge in [-0.3, -0.25) is 4.79 Å². The molecule has 3 fully saturated rings. The second-order valence-electron chi connectivity index (χ2n) is 10.7. The molecule has 3 aliphatic rings. The highest BCUT2D eigenvalue weighted by atomic mass is 32.2. The standard InChI is InChI=1S/C29H38N2O6S/c1-20-6-4-9-25(22-10-11-22)28(20)29(32)31-17-26(35-3)27(18-31)37-24-8-5-7-21(16-24)19-38(33,34)30(2)23-12-14-36-15-13-23/h4-9,16,22-23,26-27H,10-15,17-19H2,1-3H3/t26-,27-/m1/s1. The number of methoxy groups -OCH3 is 1. The van der Waals surface area contributed by atoms with Crippen molar-refractivity contribution >= 4 is 15.9 Å². The van der Waals surface area contributed by atoms with Crippen molar-refractivity contribution in [1.29, 1.82) is 0 Å². The first-order valence-electron chi connectivity index (χ1n) is 13.5. The molecule has 9 heteroatoms. The lowest BCUT2D eigenvalue weighted by Gasteiger charge is -2.30. The SMILES string of the molecule is CO[C@@H]1CN(C(=O)c2c(C)cccc2C2CC2)C[C@H]1Oc1cccc(CS(=O)(=O)N(C)C2CCOCC2)c1. The van der Waals surface area contributed by atoms with Gasteiger partial charge in [-0.15, -0.1) is 0 Å². The third kappa shape index (κ3) is 5.91. The fourth-order valence-electron chi connectivity index (χ4n) is 5.60. The van der Waals surface area contributed by atoms with Gasteiger partial charge in [0.25, 0.3) is 5.91 Å². The molecule has 2 aromatic rings. The van der Waals surface area contributed by atoms with Gasteiger partial charge in [-0.1, -0.05) is 30.3 Å². The second kappa shape index (κ2) is 11.3. The lowest BCUT2D eigenvalue weighted by molar-refractivity contribution is 0.0339. The summed E-state index contributed by atoms with van der Waals surface area (Å²) in [5.41, 5.74) is 3.62. The zero-order valence-electron chi connectivity index (χ0n) is 22.5. The lowest BCUT2D eigenvalue weighted by atomic mass is 9.97. The number of ether oxygens (including phenoxy) is 3. The average molecular weight is 543 g/mol. The smallest absolute Gasteiger partial charge is 0.254 e. The van der Waals surface area contributed by atoms with Gasteiger partial charge >= 0.3 is 0 Å². The number of carbonyl (C=O) groups is 1. The largest absolute Gasteiger partial charge is 0.486 e. The van der Waals surface area contributed by atoms with Crippen molar-refractivity contribution in [1.82, 2.24) is 9.21 Å². The van der Waals surface area contributed by atoms with Gasteiger partial charge in [-0.05, 0) is 67.3 Å². The molecule has 1 aliphatic carbocycles. The van der Waals surface area contributed by atoms with Crippen molar-refractivity contribution in [2.24, 2.45) is 0 Å². The van der Waals surface area contributed by atoms with Crippen LogP contribution in [0.25, 0.3) is 0 Å². The van der Waals surface area contributed by atoms with E-state index in [1.165, 1.54) is 4.31 Å². The van der Waals surface area contributed by atoms with Crippen LogP contribution in [0.5, 0.6) is 5.75 Å². The summed E-state index contributed by atoms with van der Waals surface area (Å²) in [5.74, 6) is 0.973. The van der Waals surface area contributed by atoms with Crippen LogP contribution in [0.2, 0.25) is 0 Å². The molecule has 0 aromatic heterocycles. The van der Waals surface area contributed by atoms with Crippen LogP contribution in [0.3, 0.4) is 0 Å². The Balaban J connectivity index is 1.27. The second-order valence-corrected chi connectivity index (χ2v) is 12.7. The summed E-state index contributed by atoms with van der Waals surface area (Å²) in [4.78, 5) is 15.4. The van der Waals surface area contributed by atoms with Gasteiger partial charge in [0.05, 0.1) is 18.8 Å². The summed E-state index contributed by atoms with van der Waals surface area (Å²) in [5, 5.41) is 0. The number of carbonyl (C=O) groups excluding carboxylic acids is 1. The van der Waals surface area contributed by atoms with Crippen LogP contribution >= 0.6 is 0 Å². The average Bonchev–Trinajstić information content (AvgIpc) is 3.68. The van der Waals surface area contributed by atoms with Crippen LogP contribution in [0.15, 0.2) is 42.5 Å². The van der Waals surface area contributed by atoms with Crippen LogP contribution in [0.4, 0.5) is 0 Å². The highest BCUT2D eigenvalue weighted by Gasteiger charge is 2.39. The molecule has 0 unspecified atom stereocenters.